The standard InChI is InChI=1S/C15H19ClN2O3/c1-21-9-12(19)4-5-17-15(20)6-10-8-18-14-3-2-11(16)7-13(10)14/h2-3,7-8,12,18-19H,4-6,9H2,1H3,(H,17,20). The van der Waals surface area contributed by atoms with Crippen molar-refractivity contribution < 1.29 is 14.6 Å². The second-order valence-corrected chi connectivity index (χ2v) is 5.36. The summed E-state index contributed by atoms with van der Waals surface area (Å²) < 4.78 is 4.83. The first kappa shape index (κ1) is 15.8. The minimum atomic E-state index is -0.554. The zero-order valence-electron chi connectivity index (χ0n) is 11.9. The molecule has 21 heavy (non-hydrogen) atoms. The Hall–Kier alpha value is -1.56. The molecule has 0 aliphatic heterocycles. The van der Waals surface area contributed by atoms with Crippen molar-refractivity contribution in [2.24, 2.45) is 0 Å². The molecule has 0 bridgehead atoms. The van der Waals surface area contributed by atoms with E-state index in [1.807, 2.05) is 18.3 Å². The molecular formula is C15H19ClN2O3. The lowest BCUT2D eigenvalue weighted by atomic mass is 10.1. The van der Waals surface area contributed by atoms with Gasteiger partial charge in [0, 0.05) is 35.8 Å². The Bertz CT molecular complexity index is 612. The monoisotopic (exact) mass is 310 g/mol. The fourth-order valence-corrected chi connectivity index (χ4v) is 2.36. The van der Waals surface area contributed by atoms with Crippen LogP contribution in [0.15, 0.2) is 24.4 Å². The van der Waals surface area contributed by atoms with Crippen LogP contribution in [-0.2, 0) is 16.0 Å². The van der Waals surface area contributed by atoms with Crippen LogP contribution < -0.4 is 5.32 Å². The number of methoxy groups -OCH3 is 1. The van der Waals surface area contributed by atoms with E-state index in [4.69, 9.17) is 16.3 Å². The molecule has 114 valence electrons. The third-order valence-corrected chi connectivity index (χ3v) is 3.47. The van der Waals surface area contributed by atoms with Crippen molar-refractivity contribution in [1.82, 2.24) is 10.3 Å². The number of nitrogens with one attached hydrogen (secondary N) is 2. The number of aliphatic hydroxyl groups excluding tert-OH is 1. The first-order valence-electron chi connectivity index (χ1n) is 6.79. The third-order valence-electron chi connectivity index (χ3n) is 3.24. The van der Waals surface area contributed by atoms with E-state index in [1.54, 1.807) is 6.07 Å². The first-order chi connectivity index (χ1) is 10.1. The van der Waals surface area contributed by atoms with Crippen LogP contribution in [0.3, 0.4) is 0 Å². The highest BCUT2D eigenvalue weighted by Gasteiger charge is 2.10. The Morgan fingerprint density at radius 1 is 1.52 bits per heavy atom. The lowest BCUT2D eigenvalue weighted by Crippen LogP contribution is -2.29. The van der Waals surface area contributed by atoms with Gasteiger partial charge in [-0.15, -0.1) is 0 Å². The van der Waals surface area contributed by atoms with E-state index in [0.717, 1.165) is 16.5 Å². The molecule has 1 aromatic heterocycles. The molecule has 0 radical (unpaired) electrons. The van der Waals surface area contributed by atoms with Crippen molar-refractivity contribution in [2.75, 3.05) is 20.3 Å². The fraction of sp³-hybridized carbons (Fsp3) is 0.400. The van der Waals surface area contributed by atoms with E-state index in [9.17, 15) is 9.90 Å². The molecule has 2 rings (SSSR count). The second-order valence-electron chi connectivity index (χ2n) is 4.93. The number of fused-ring (bicyclic) bond motifs is 1. The maximum atomic E-state index is 11.9. The molecule has 0 fully saturated rings. The summed E-state index contributed by atoms with van der Waals surface area (Å²) >= 11 is 5.98. The summed E-state index contributed by atoms with van der Waals surface area (Å²) in [5.74, 6) is -0.0829. The highest BCUT2D eigenvalue weighted by atomic mass is 35.5. The molecule has 5 nitrogen and oxygen atoms in total. The van der Waals surface area contributed by atoms with Gasteiger partial charge < -0.3 is 20.1 Å². The van der Waals surface area contributed by atoms with Gasteiger partial charge in [0.2, 0.25) is 5.91 Å². The van der Waals surface area contributed by atoms with Crippen molar-refractivity contribution >= 4 is 28.4 Å². The predicted octanol–water partition coefficient (Wildman–Crippen LogP) is 1.88. The number of carbonyl (C=O) groups is 1. The maximum absolute atomic E-state index is 11.9. The minimum Gasteiger partial charge on any atom is -0.391 e. The van der Waals surface area contributed by atoms with Gasteiger partial charge in [0.05, 0.1) is 19.1 Å². The number of aromatic nitrogens is 1. The Kier molecular flexibility index (Phi) is 5.61. The third kappa shape index (κ3) is 4.46. The molecule has 0 saturated heterocycles. The molecule has 1 atom stereocenters. The van der Waals surface area contributed by atoms with Crippen molar-refractivity contribution in [3.8, 4) is 0 Å². The van der Waals surface area contributed by atoms with Gasteiger partial charge >= 0.3 is 0 Å². The van der Waals surface area contributed by atoms with Crippen LogP contribution in [0.1, 0.15) is 12.0 Å². The Morgan fingerprint density at radius 3 is 3.10 bits per heavy atom. The summed E-state index contributed by atoms with van der Waals surface area (Å²) in [7, 11) is 1.53. The molecule has 1 aromatic carbocycles. The van der Waals surface area contributed by atoms with E-state index in [0.29, 0.717) is 18.0 Å². The number of hydrogen-bond acceptors (Lipinski definition) is 3. The zero-order chi connectivity index (χ0) is 15.2. The Balaban J connectivity index is 1.88. The van der Waals surface area contributed by atoms with Crippen molar-refractivity contribution in [3.05, 3.63) is 35.0 Å². The topological polar surface area (TPSA) is 74.3 Å². The average molecular weight is 311 g/mol. The molecular weight excluding hydrogens is 292 g/mol. The molecule has 1 unspecified atom stereocenters. The molecule has 1 amide bonds. The highest BCUT2D eigenvalue weighted by molar-refractivity contribution is 6.31. The smallest absolute Gasteiger partial charge is 0.224 e. The number of halogens is 1. The summed E-state index contributed by atoms with van der Waals surface area (Å²) in [6.07, 6.45) is 2.02. The summed E-state index contributed by atoms with van der Waals surface area (Å²) in [6, 6.07) is 5.54. The van der Waals surface area contributed by atoms with E-state index >= 15 is 0 Å². The lowest BCUT2D eigenvalue weighted by molar-refractivity contribution is -0.120. The van der Waals surface area contributed by atoms with Crippen LogP contribution in [0.2, 0.25) is 5.02 Å². The van der Waals surface area contributed by atoms with Gasteiger partial charge in [-0.25, -0.2) is 0 Å². The van der Waals surface area contributed by atoms with Crippen LogP contribution in [0.5, 0.6) is 0 Å². The van der Waals surface area contributed by atoms with Crippen LogP contribution >= 0.6 is 11.6 Å². The quantitative estimate of drug-likeness (QED) is 0.731. The fourth-order valence-electron chi connectivity index (χ4n) is 2.19. The van der Waals surface area contributed by atoms with Gasteiger partial charge in [-0.3, -0.25) is 4.79 Å². The maximum Gasteiger partial charge on any atom is 0.224 e. The SMILES string of the molecule is COCC(O)CCNC(=O)Cc1c[nH]c2ccc(Cl)cc12. The van der Waals surface area contributed by atoms with Crippen LogP contribution in [0.4, 0.5) is 0 Å². The van der Waals surface area contributed by atoms with E-state index < -0.39 is 6.10 Å². The van der Waals surface area contributed by atoms with E-state index in [1.165, 1.54) is 7.11 Å². The molecule has 2 aromatic rings. The van der Waals surface area contributed by atoms with Crippen molar-refractivity contribution in [3.63, 3.8) is 0 Å². The molecule has 6 heteroatoms. The first-order valence-corrected chi connectivity index (χ1v) is 7.17. The van der Waals surface area contributed by atoms with Gasteiger partial charge in [-0.2, -0.15) is 0 Å². The van der Waals surface area contributed by atoms with E-state index in [2.05, 4.69) is 10.3 Å². The number of aromatic amines is 1. The number of carbonyl (C=O) groups excluding carboxylic acids is 1. The van der Waals surface area contributed by atoms with Crippen LogP contribution in [-0.4, -0.2) is 42.4 Å². The number of rotatable bonds is 7. The Morgan fingerprint density at radius 2 is 2.33 bits per heavy atom. The molecule has 0 aliphatic rings. The van der Waals surface area contributed by atoms with Gasteiger partial charge in [0.1, 0.15) is 0 Å². The summed E-state index contributed by atoms with van der Waals surface area (Å²) in [5.41, 5.74) is 1.86. The summed E-state index contributed by atoms with van der Waals surface area (Å²) in [6.45, 7) is 0.698. The van der Waals surface area contributed by atoms with Crippen molar-refractivity contribution in [1.29, 1.82) is 0 Å². The van der Waals surface area contributed by atoms with Crippen LogP contribution in [0.25, 0.3) is 10.9 Å². The average Bonchev–Trinajstić information content (AvgIpc) is 2.81. The van der Waals surface area contributed by atoms with Gasteiger partial charge in [-0.05, 0) is 30.2 Å². The molecule has 1 heterocycles. The number of hydrogen-bond donors (Lipinski definition) is 3. The normalized spacial score (nSPS) is 12.5. The Labute approximate surface area is 128 Å². The molecule has 0 spiro atoms. The van der Waals surface area contributed by atoms with E-state index in [-0.39, 0.29) is 18.9 Å². The van der Waals surface area contributed by atoms with Gasteiger partial charge in [0.15, 0.2) is 0 Å². The molecule has 0 saturated carbocycles. The summed E-state index contributed by atoms with van der Waals surface area (Å²) in [5, 5.41) is 13.9. The lowest BCUT2D eigenvalue weighted by Gasteiger charge is -2.10. The number of aliphatic hydroxyl groups is 1. The van der Waals surface area contributed by atoms with Crippen molar-refractivity contribution in [2.45, 2.75) is 18.9 Å². The van der Waals surface area contributed by atoms with Gasteiger partial charge in [0.25, 0.3) is 0 Å². The van der Waals surface area contributed by atoms with Crippen LogP contribution in [0, 0.1) is 0 Å². The highest BCUT2D eigenvalue weighted by Crippen LogP contribution is 2.22. The number of benzene rings is 1. The largest absolute Gasteiger partial charge is 0.391 e. The second kappa shape index (κ2) is 7.45. The number of ether oxygens (including phenoxy) is 1. The number of amides is 1. The molecule has 0 aliphatic carbocycles. The van der Waals surface area contributed by atoms with Gasteiger partial charge in [-0.1, -0.05) is 11.6 Å². The molecule has 3 N–H and O–H groups in total. The minimum absolute atomic E-state index is 0.0829. The predicted molar refractivity (Wildman–Crippen MR) is 82.5 cm³/mol. The number of H-pyrrole nitrogens is 1. The summed E-state index contributed by atoms with van der Waals surface area (Å²) in [4.78, 5) is 15.0. The zero-order valence-corrected chi connectivity index (χ0v) is 12.6.